The van der Waals surface area contributed by atoms with E-state index in [0.717, 1.165) is 11.0 Å². The van der Waals surface area contributed by atoms with Gasteiger partial charge in [0.1, 0.15) is 6.54 Å². The van der Waals surface area contributed by atoms with Gasteiger partial charge in [0.15, 0.2) is 0 Å². The number of nitrogens with zero attached hydrogens (tertiary/aromatic N) is 1. The van der Waals surface area contributed by atoms with Crippen LogP contribution in [0.4, 0.5) is 0 Å². The van der Waals surface area contributed by atoms with E-state index in [1.165, 1.54) is 24.8 Å². The van der Waals surface area contributed by atoms with E-state index in [1.54, 1.807) is 0 Å². The van der Waals surface area contributed by atoms with Crippen LogP contribution in [0.15, 0.2) is 23.9 Å². The third-order valence-corrected chi connectivity index (χ3v) is 2.07. The van der Waals surface area contributed by atoms with E-state index < -0.39 is 0 Å². The van der Waals surface area contributed by atoms with Crippen LogP contribution in [-0.4, -0.2) is 25.1 Å². The van der Waals surface area contributed by atoms with E-state index in [2.05, 4.69) is 53.2 Å². The normalized spacial score (nSPS) is 12.1. The quantitative estimate of drug-likeness (QED) is 0.345. The molecule has 0 aliphatic carbocycles. The number of allylic oxidation sites excluding steroid dienone is 2. The number of rotatable bonds is 6. The lowest BCUT2D eigenvalue weighted by Gasteiger charge is -2.23. The van der Waals surface area contributed by atoms with E-state index in [0.29, 0.717) is 0 Å². The lowest BCUT2D eigenvalue weighted by atomic mass is 10.2. The molecule has 0 unspecified atom stereocenters. The molecule has 0 rings (SSSR count). The summed E-state index contributed by atoms with van der Waals surface area (Å²) in [5.74, 6) is 0. The van der Waals surface area contributed by atoms with Crippen molar-refractivity contribution in [1.29, 1.82) is 0 Å². The number of hydrogen-bond donors (Lipinski definition) is 0. The van der Waals surface area contributed by atoms with E-state index in [1.807, 2.05) is 0 Å². The van der Waals surface area contributed by atoms with Gasteiger partial charge in [-0.3, -0.25) is 4.48 Å². The second-order valence-corrected chi connectivity index (χ2v) is 4.78. The lowest BCUT2D eigenvalue weighted by molar-refractivity contribution is -0.833. The summed E-state index contributed by atoms with van der Waals surface area (Å²) in [5, 5.41) is 0. The molecule has 0 radical (unpaired) electrons. The van der Waals surface area contributed by atoms with Crippen LogP contribution in [0.2, 0.25) is 0 Å². The molecule has 0 N–H and O–H groups in total. The van der Waals surface area contributed by atoms with Gasteiger partial charge in [-0.2, -0.15) is 0 Å². The maximum Gasteiger partial charge on any atom is 0.101 e. The fourth-order valence-electron chi connectivity index (χ4n) is 1.54. The summed E-state index contributed by atoms with van der Waals surface area (Å²) in [7, 11) is 4.47. The monoisotopic (exact) mass is 196 g/mol. The highest BCUT2D eigenvalue weighted by Gasteiger charge is 2.07. The molecule has 0 amide bonds. The van der Waals surface area contributed by atoms with Crippen molar-refractivity contribution in [2.45, 2.75) is 40.0 Å². The predicted octanol–water partition coefficient (Wildman–Crippen LogP) is 3.73. The third kappa shape index (κ3) is 8.06. The van der Waals surface area contributed by atoms with Crippen molar-refractivity contribution < 1.29 is 4.48 Å². The minimum Gasteiger partial charge on any atom is -0.299 e. The van der Waals surface area contributed by atoms with Gasteiger partial charge in [0.25, 0.3) is 0 Å². The van der Waals surface area contributed by atoms with Gasteiger partial charge >= 0.3 is 0 Å². The summed E-state index contributed by atoms with van der Waals surface area (Å²) in [6, 6.07) is 0. The maximum atomic E-state index is 2.31. The summed E-state index contributed by atoms with van der Waals surface area (Å²) in [5.41, 5.74) is 1.39. The Morgan fingerprint density at radius 1 is 1.14 bits per heavy atom. The molecule has 0 heterocycles. The standard InChI is InChI=1S/C13H26N/c1-6-7-8-9-10-11-14(4,5)12-13(2)3/h9-10,12H,6-8,11H2,1-5H3/q+1/b10-9+. The molecule has 0 aromatic rings. The summed E-state index contributed by atoms with van der Waals surface area (Å²) in [4.78, 5) is 0. The SMILES string of the molecule is CCCC/C=C/C[N+](C)(C)C=C(C)C. The highest BCUT2D eigenvalue weighted by atomic mass is 15.3. The smallest absolute Gasteiger partial charge is 0.101 e. The van der Waals surface area contributed by atoms with Crippen LogP contribution in [-0.2, 0) is 0 Å². The molecule has 1 nitrogen and oxygen atoms in total. The minimum absolute atomic E-state index is 0.949. The van der Waals surface area contributed by atoms with Crippen molar-refractivity contribution in [3.63, 3.8) is 0 Å². The van der Waals surface area contributed by atoms with E-state index in [-0.39, 0.29) is 0 Å². The van der Waals surface area contributed by atoms with Crippen LogP contribution in [0.1, 0.15) is 40.0 Å². The first-order chi connectivity index (χ1) is 6.48. The summed E-state index contributed by atoms with van der Waals surface area (Å²) < 4.78 is 0.949. The molecule has 0 aliphatic rings. The van der Waals surface area contributed by atoms with Crippen LogP contribution in [0.25, 0.3) is 0 Å². The first kappa shape index (κ1) is 13.4. The van der Waals surface area contributed by atoms with Gasteiger partial charge in [-0.15, -0.1) is 0 Å². The third-order valence-electron chi connectivity index (χ3n) is 2.07. The van der Waals surface area contributed by atoms with Gasteiger partial charge in [-0.25, -0.2) is 0 Å². The first-order valence-corrected chi connectivity index (χ1v) is 5.61. The Labute approximate surface area is 89.7 Å². The summed E-state index contributed by atoms with van der Waals surface area (Å²) >= 11 is 0. The predicted molar refractivity (Wildman–Crippen MR) is 65.1 cm³/mol. The number of likely N-dealkylation sites (N-methyl/N-ethyl adjacent to an activating group) is 1. The fraction of sp³-hybridized carbons (Fsp3) is 0.692. The minimum atomic E-state index is 0.949. The second kappa shape index (κ2) is 6.83. The molecule has 0 fully saturated rings. The molecule has 0 aromatic carbocycles. The van der Waals surface area contributed by atoms with Gasteiger partial charge in [0.05, 0.1) is 20.3 Å². The van der Waals surface area contributed by atoms with Crippen LogP contribution in [0, 0.1) is 0 Å². The molecule has 0 saturated carbocycles. The van der Waals surface area contributed by atoms with Crippen molar-refractivity contribution in [2.75, 3.05) is 20.6 Å². The van der Waals surface area contributed by atoms with Gasteiger partial charge in [0.2, 0.25) is 0 Å². The van der Waals surface area contributed by atoms with Crippen LogP contribution >= 0.6 is 0 Å². The molecule has 1 heteroatoms. The van der Waals surface area contributed by atoms with Gasteiger partial charge in [-0.1, -0.05) is 25.8 Å². The summed E-state index contributed by atoms with van der Waals surface area (Å²) in [6.45, 7) is 7.63. The van der Waals surface area contributed by atoms with E-state index in [4.69, 9.17) is 0 Å². The Morgan fingerprint density at radius 2 is 1.79 bits per heavy atom. The van der Waals surface area contributed by atoms with E-state index >= 15 is 0 Å². The molecule has 82 valence electrons. The zero-order valence-corrected chi connectivity index (χ0v) is 10.5. The highest BCUT2D eigenvalue weighted by molar-refractivity contribution is 4.88. The van der Waals surface area contributed by atoms with Crippen molar-refractivity contribution in [3.8, 4) is 0 Å². The van der Waals surface area contributed by atoms with E-state index in [9.17, 15) is 0 Å². The van der Waals surface area contributed by atoms with Gasteiger partial charge in [-0.05, 0) is 31.9 Å². The average Bonchev–Trinajstić information content (AvgIpc) is 2.01. The Kier molecular flexibility index (Phi) is 6.56. The maximum absolute atomic E-state index is 2.31. The lowest BCUT2D eigenvalue weighted by Crippen LogP contribution is -2.33. The van der Waals surface area contributed by atoms with Crippen LogP contribution in [0.5, 0.6) is 0 Å². The van der Waals surface area contributed by atoms with Crippen molar-refractivity contribution in [3.05, 3.63) is 23.9 Å². The Hall–Kier alpha value is -0.560. The largest absolute Gasteiger partial charge is 0.299 e. The number of quaternary nitrogens is 1. The molecule has 0 spiro atoms. The molecule has 0 aromatic heterocycles. The molecular formula is C13H26N+. The van der Waals surface area contributed by atoms with Gasteiger partial charge in [0, 0.05) is 0 Å². The van der Waals surface area contributed by atoms with Crippen molar-refractivity contribution >= 4 is 0 Å². The molecule has 0 saturated heterocycles. The molecule has 0 aliphatic heterocycles. The Balaban J connectivity index is 3.87. The fourth-order valence-corrected chi connectivity index (χ4v) is 1.54. The first-order valence-electron chi connectivity index (χ1n) is 5.61. The Morgan fingerprint density at radius 3 is 2.29 bits per heavy atom. The number of unbranched alkanes of at least 4 members (excludes halogenated alkanes) is 2. The topological polar surface area (TPSA) is 0 Å². The van der Waals surface area contributed by atoms with Crippen LogP contribution in [0.3, 0.4) is 0 Å². The average molecular weight is 196 g/mol. The number of hydrogen-bond acceptors (Lipinski definition) is 0. The van der Waals surface area contributed by atoms with Crippen molar-refractivity contribution in [2.24, 2.45) is 0 Å². The second-order valence-electron chi connectivity index (χ2n) is 4.78. The zero-order chi connectivity index (χ0) is 11.0. The molecule has 0 atom stereocenters. The molecule has 14 heavy (non-hydrogen) atoms. The zero-order valence-electron chi connectivity index (χ0n) is 10.5. The van der Waals surface area contributed by atoms with Crippen molar-refractivity contribution in [1.82, 2.24) is 0 Å². The van der Waals surface area contributed by atoms with Crippen LogP contribution < -0.4 is 0 Å². The highest BCUT2D eigenvalue weighted by Crippen LogP contribution is 2.04. The Bertz CT molecular complexity index is 195. The summed E-state index contributed by atoms with van der Waals surface area (Å²) in [6.07, 6.45) is 10.7. The molecule has 0 bridgehead atoms. The molecular weight excluding hydrogens is 170 g/mol. The van der Waals surface area contributed by atoms with Gasteiger partial charge < -0.3 is 0 Å².